The summed E-state index contributed by atoms with van der Waals surface area (Å²) in [6, 6.07) is 8.51. The third-order valence-electron chi connectivity index (χ3n) is 5.82. The second-order valence-electron chi connectivity index (χ2n) is 8.28. The van der Waals surface area contributed by atoms with E-state index in [-0.39, 0.29) is 11.5 Å². The molecule has 2 aromatic heterocycles. The number of nitrogens with zero attached hydrogens (tertiary/aromatic N) is 3. The number of pyridine rings is 2. The second kappa shape index (κ2) is 7.59. The SMILES string of the molecule is COc1cc(C[C@]2(C)CCN([C@H](C)c3ccc4c(n3)OCCO4)C2)cc(C)n1. The predicted octanol–water partition coefficient (Wildman–Crippen LogP) is 3.58. The van der Waals surface area contributed by atoms with Crippen molar-refractivity contribution in [2.24, 2.45) is 5.41 Å². The highest BCUT2D eigenvalue weighted by molar-refractivity contribution is 5.36. The van der Waals surface area contributed by atoms with Crippen LogP contribution in [0.3, 0.4) is 0 Å². The standard InChI is InChI=1S/C22H29N3O3/c1-15-11-17(12-20(23-15)26-4)13-22(3)7-8-25(14-22)16(2)18-5-6-19-21(24-18)28-10-9-27-19/h5-6,11-12,16H,7-10,13-14H2,1-4H3/t16-,22+/m1/s1. The van der Waals surface area contributed by atoms with Crippen LogP contribution in [0, 0.1) is 12.3 Å². The van der Waals surface area contributed by atoms with Crippen LogP contribution in [-0.2, 0) is 6.42 Å². The summed E-state index contributed by atoms with van der Waals surface area (Å²) >= 11 is 0. The van der Waals surface area contributed by atoms with Gasteiger partial charge in [0.15, 0.2) is 5.75 Å². The fourth-order valence-electron chi connectivity index (χ4n) is 4.31. The van der Waals surface area contributed by atoms with Gasteiger partial charge >= 0.3 is 0 Å². The van der Waals surface area contributed by atoms with E-state index in [4.69, 9.17) is 19.2 Å². The van der Waals surface area contributed by atoms with Crippen molar-refractivity contribution in [3.8, 4) is 17.5 Å². The molecule has 0 N–H and O–H groups in total. The molecule has 0 amide bonds. The monoisotopic (exact) mass is 383 g/mol. The average molecular weight is 383 g/mol. The maximum Gasteiger partial charge on any atom is 0.257 e. The summed E-state index contributed by atoms with van der Waals surface area (Å²) in [5, 5.41) is 0. The Bertz CT molecular complexity index is 857. The highest BCUT2D eigenvalue weighted by atomic mass is 16.6. The Morgan fingerprint density at radius 2 is 2.04 bits per heavy atom. The van der Waals surface area contributed by atoms with E-state index < -0.39 is 0 Å². The third kappa shape index (κ3) is 3.92. The highest BCUT2D eigenvalue weighted by Gasteiger charge is 2.36. The van der Waals surface area contributed by atoms with Gasteiger partial charge in [-0.05, 0) is 62.4 Å². The molecule has 0 aromatic carbocycles. The van der Waals surface area contributed by atoms with Gasteiger partial charge in [-0.1, -0.05) is 6.92 Å². The van der Waals surface area contributed by atoms with Crippen LogP contribution < -0.4 is 14.2 Å². The molecule has 0 saturated carbocycles. The Kier molecular flexibility index (Phi) is 5.15. The average Bonchev–Trinajstić information content (AvgIpc) is 3.08. The molecule has 2 aliphatic heterocycles. The Hall–Kier alpha value is -2.34. The minimum Gasteiger partial charge on any atom is -0.484 e. The van der Waals surface area contributed by atoms with E-state index >= 15 is 0 Å². The van der Waals surface area contributed by atoms with Gasteiger partial charge in [0.05, 0.1) is 12.8 Å². The zero-order chi connectivity index (χ0) is 19.7. The number of hydrogen-bond acceptors (Lipinski definition) is 6. The first kappa shape index (κ1) is 19.0. The molecule has 0 radical (unpaired) electrons. The van der Waals surface area contributed by atoms with Crippen molar-refractivity contribution in [2.75, 3.05) is 33.4 Å². The quantitative estimate of drug-likeness (QED) is 0.787. The predicted molar refractivity (Wildman–Crippen MR) is 107 cm³/mol. The smallest absolute Gasteiger partial charge is 0.257 e. The van der Waals surface area contributed by atoms with Gasteiger partial charge in [0.25, 0.3) is 5.88 Å². The van der Waals surface area contributed by atoms with Crippen LogP contribution >= 0.6 is 0 Å². The summed E-state index contributed by atoms with van der Waals surface area (Å²) in [5.74, 6) is 2.06. The van der Waals surface area contributed by atoms with E-state index in [9.17, 15) is 0 Å². The van der Waals surface area contributed by atoms with Crippen LogP contribution in [-0.4, -0.2) is 48.3 Å². The third-order valence-corrected chi connectivity index (χ3v) is 5.82. The molecular formula is C22H29N3O3. The Balaban J connectivity index is 1.46. The zero-order valence-corrected chi connectivity index (χ0v) is 17.2. The molecule has 0 aliphatic carbocycles. The minimum absolute atomic E-state index is 0.223. The van der Waals surface area contributed by atoms with Gasteiger partial charge in [-0.25, -0.2) is 9.97 Å². The first-order valence-corrected chi connectivity index (χ1v) is 9.98. The van der Waals surface area contributed by atoms with Gasteiger partial charge in [0.1, 0.15) is 13.2 Å². The molecule has 1 saturated heterocycles. The van der Waals surface area contributed by atoms with E-state index in [1.807, 2.05) is 13.0 Å². The maximum absolute atomic E-state index is 5.66. The van der Waals surface area contributed by atoms with Crippen molar-refractivity contribution in [2.45, 2.75) is 39.7 Å². The lowest BCUT2D eigenvalue weighted by atomic mass is 9.83. The molecule has 1 fully saturated rings. The summed E-state index contributed by atoms with van der Waals surface area (Å²) in [5.41, 5.74) is 3.55. The first-order chi connectivity index (χ1) is 13.5. The van der Waals surface area contributed by atoms with Crippen LogP contribution in [0.2, 0.25) is 0 Å². The van der Waals surface area contributed by atoms with Crippen molar-refractivity contribution >= 4 is 0 Å². The normalized spacial score (nSPS) is 22.9. The van der Waals surface area contributed by atoms with E-state index in [0.29, 0.717) is 25.0 Å². The highest BCUT2D eigenvalue weighted by Crippen LogP contribution is 2.39. The molecule has 2 atom stereocenters. The van der Waals surface area contributed by atoms with Gasteiger partial charge in [-0.15, -0.1) is 0 Å². The molecule has 0 spiro atoms. The largest absolute Gasteiger partial charge is 0.484 e. The van der Waals surface area contributed by atoms with Crippen LogP contribution in [0.1, 0.15) is 43.3 Å². The minimum atomic E-state index is 0.223. The fourth-order valence-corrected chi connectivity index (χ4v) is 4.31. The Morgan fingerprint density at radius 1 is 1.21 bits per heavy atom. The fraction of sp³-hybridized carbons (Fsp3) is 0.545. The molecule has 0 bridgehead atoms. The van der Waals surface area contributed by atoms with E-state index in [2.05, 4.69) is 41.9 Å². The number of likely N-dealkylation sites (tertiary alicyclic amines) is 1. The zero-order valence-electron chi connectivity index (χ0n) is 17.2. The van der Waals surface area contributed by atoms with Crippen molar-refractivity contribution in [3.05, 3.63) is 41.2 Å². The number of methoxy groups -OCH3 is 1. The number of ether oxygens (including phenoxy) is 3. The second-order valence-corrected chi connectivity index (χ2v) is 8.28. The molecule has 2 aromatic rings. The number of aryl methyl sites for hydroxylation is 1. The summed E-state index contributed by atoms with van der Waals surface area (Å²) in [6.07, 6.45) is 2.18. The van der Waals surface area contributed by atoms with E-state index in [1.54, 1.807) is 7.11 Å². The molecule has 6 heteroatoms. The molecule has 4 rings (SSSR count). The number of hydrogen-bond donors (Lipinski definition) is 0. The van der Waals surface area contributed by atoms with Gasteiger partial charge < -0.3 is 14.2 Å². The summed E-state index contributed by atoms with van der Waals surface area (Å²) in [4.78, 5) is 11.6. The topological polar surface area (TPSA) is 56.7 Å². The van der Waals surface area contributed by atoms with E-state index in [1.165, 1.54) is 5.56 Å². The lowest BCUT2D eigenvalue weighted by molar-refractivity contribution is 0.161. The van der Waals surface area contributed by atoms with Gasteiger partial charge in [-0.2, -0.15) is 0 Å². The molecule has 150 valence electrons. The first-order valence-electron chi connectivity index (χ1n) is 9.98. The van der Waals surface area contributed by atoms with E-state index in [0.717, 1.165) is 43.1 Å². The molecule has 2 aliphatic rings. The van der Waals surface area contributed by atoms with Crippen molar-refractivity contribution in [1.82, 2.24) is 14.9 Å². The molecule has 4 heterocycles. The summed E-state index contributed by atoms with van der Waals surface area (Å²) in [6.45, 7) is 9.87. The number of fused-ring (bicyclic) bond motifs is 1. The van der Waals surface area contributed by atoms with Gasteiger partial charge in [0, 0.05) is 24.3 Å². The Morgan fingerprint density at radius 3 is 2.86 bits per heavy atom. The Labute approximate surface area is 166 Å². The summed E-state index contributed by atoms with van der Waals surface area (Å²) < 4.78 is 16.6. The van der Waals surface area contributed by atoms with Crippen LogP contribution in [0.25, 0.3) is 0 Å². The molecule has 6 nitrogen and oxygen atoms in total. The van der Waals surface area contributed by atoms with Gasteiger partial charge in [0.2, 0.25) is 5.88 Å². The van der Waals surface area contributed by atoms with Crippen molar-refractivity contribution in [1.29, 1.82) is 0 Å². The summed E-state index contributed by atoms with van der Waals surface area (Å²) in [7, 11) is 1.67. The van der Waals surface area contributed by atoms with Gasteiger partial charge in [-0.3, -0.25) is 4.90 Å². The molecule has 28 heavy (non-hydrogen) atoms. The number of aromatic nitrogens is 2. The maximum atomic E-state index is 5.66. The van der Waals surface area contributed by atoms with Crippen molar-refractivity contribution in [3.63, 3.8) is 0 Å². The molecule has 0 unspecified atom stereocenters. The number of rotatable bonds is 5. The van der Waals surface area contributed by atoms with Crippen LogP contribution in [0.4, 0.5) is 0 Å². The van der Waals surface area contributed by atoms with Crippen LogP contribution in [0.5, 0.6) is 17.5 Å². The lowest BCUT2D eigenvalue weighted by Crippen LogP contribution is -2.29. The molecular weight excluding hydrogens is 354 g/mol. The van der Waals surface area contributed by atoms with Crippen LogP contribution in [0.15, 0.2) is 24.3 Å². The lowest BCUT2D eigenvalue weighted by Gasteiger charge is -2.29. The van der Waals surface area contributed by atoms with Crippen molar-refractivity contribution < 1.29 is 14.2 Å².